The zero-order chi connectivity index (χ0) is 16.8. The number of hydrogen-bond donors (Lipinski definition) is 1. The van der Waals surface area contributed by atoms with Crippen molar-refractivity contribution in [2.45, 2.75) is 26.6 Å². The summed E-state index contributed by atoms with van der Waals surface area (Å²) in [6, 6.07) is 8.02. The maximum Gasteiger partial charge on any atom is 0.198 e. The van der Waals surface area contributed by atoms with Gasteiger partial charge in [-0.05, 0) is 44.2 Å². The number of para-hydroxylation sites is 1. The minimum atomic E-state index is -0.110. The van der Waals surface area contributed by atoms with Gasteiger partial charge in [0.05, 0.1) is 13.3 Å². The van der Waals surface area contributed by atoms with Gasteiger partial charge in [0.1, 0.15) is 12.4 Å². The second-order valence-electron chi connectivity index (χ2n) is 5.60. The zero-order valence-corrected chi connectivity index (χ0v) is 14.7. The van der Waals surface area contributed by atoms with Gasteiger partial charge < -0.3 is 14.4 Å². The van der Waals surface area contributed by atoms with E-state index in [2.05, 4.69) is 10.00 Å². The molecule has 0 bridgehead atoms. The normalized spacial score (nSPS) is 11.2. The minimum absolute atomic E-state index is 0.110. The van der Waals surface area contributed by atoms with Crippen LogP contribution in [0.4, 0.5) is 0 Å². The number of hydrogen-bond acceptors (Lipinski definition) is 5. The second kappa shape index (κ2) is 8.24. The number of aryl methyl sites for hydroxylation is 1. The summed E-state index contributed by atoms with van der Waals surface area (Å²) in [6.45, 7) is 4.07. The first-order chi connectivity index (χ1) is 11.0. The predicted molar refractivity (Wildman–Crippen MR) is 91.9 cm³/mol. The molecule has 0 fully saturated rings. The van der Waals surface area contributed by atoms with E-state index in [-0.39, 0.29) is 6.61 Å². The highest BCUT2D eigenvalue weighted by molar-refractivity contribution is 7.71. The summed E-state index contributed by atoms with van der Waals surface area (Å²) in [5.41, 5.74) is 1.15. The molecule has 6 nitrogen and oxygen atoms in total. The first-order valence-corrected chi connectivity index (χ1v) is 8.04. The van der Waals surface area contributed by atoms with Crippen LogP contribution in [-0.2, 0) is 20.3 Å². The maximum atomic E-state index is 9.22. The zero-order valence-electron chi connectivity index (χ0n) is 13.9. The number of aliphatic hydroxyl groups excluding tert-OH is 1. The molecular formula is C16H24N4O2S. The van der Waals surface area contributed by atoms with Crippen molar-refractivity contribution in [1.29, 1.82) is 0 Å². The number of nitrogens with zero attached hydrogens (tertiary/aromatic N) is 4. The number of aromatic nitrogens is 3. The largest absolute Gasteiger partial charge is 0.493 e. The Morgan fingerprint density at radius 2 is 2.09 bits per heavy atom. The van der Waals surface area contributed by atoms with Gasteiger partial charge in [0.2, 0.25) is 0 Å². The van der Waals surface area contributed by atoms with Crippen LogP contribution in [0.1, 0.15) is 17.8 Å². The molecule has 0 saturated heterocycles. The fourth-order valence-electron chi connectivity index (χ4n) is 2.30. The van der Waals surface area contributed by atoms with E-state index in [1.54, 1.807) is 9.25 Å². The van der Waals surface area contributed by atoms with Crippen molar-refractivity contribution >= 4 is 12.2 Å². The molecular weight excluding hydrogens is 312 g/mol. The number of benzene rings is 1. The van der Waals surface area contributed by atoms with Crippen molar-refractivity contribution in [1.82, 2.24) is 19.2 Å². The molecule has 0 spiro atoms. The molecule has 1 aromatic heterocycles. The van der Waals surface area contributed by atoms with Gasteiger partial charge in [-0.25, -0.2) is 4.68 Å². The molecule has 0 aliphatic heterocycles. The number of ether oxygens (including phenoxy) is 1. The maximum absolute atomic E-state index is 9.22. The lowest BCUT2D eigenvalue weighted by Gasteiger charge is -2.16. The average Bonchev–Trinajstić information content (AvgIpc) is 2.81. The molecule has 0 amide bonds. The van der Waals surface area contributed by atoms with E-state index < -0.39 is 0 Å². The highest BCUT2D eigenvalue weighted by Crippen LogP contribution is 2.16. The monoisotopic (exact) mass is 336 g/mol. The third-order valence-corrected chi connectivity index (χ3v) is 4.17. The van der Waals surface area contributed by atoms with Gasteiger partial charge in [-0.1, -0.05) is 18.2 Å². The Morgan fingerprint density at radius 1 is 1.35 bits per heavy atom. The van der Waals surface area contributed by atoms with Crippen molar-refractivity contribution in [3.63, 3.8) is 0 Å². The van der Waals surface area contributed by atoms with Gasteiger partial charge in [0, 0.05) is 13.6 Å². The molecule has 2 aromatic rings. The van der Waals surface area contributed by atoms with Crippen molar-refractivity contribution in [2.75, 3.05) is 20.2 Å². The molecule has 0 radical (unpaired) electrons. The molecule has 0 unspecified atom stereocenters. The molecule has 0 aliphatic rings. The highest BCUT2D eigenvalue weighted by atomic mass is 32.1. The van der Waals surface area contributed by atoms with Crippen molar-refractivity contribution in [3.05, 3.63) is 40.4 Å². The molecule has 7 heteroatoms. The first-order valence-electron chi connectivity index (χ1n) is 7.63. The van der Waals surface area contributed by atoms with E-state index >= 15 is 0 Å². The Balaban J connectivity index is 1.78. The van der Waals surface area contributed by atoms with Gasteiger partial charge >= 0.3 is 0 Å². The van der Waals surface area contributed by atoms with E-state index in [0.717, 1.165) is 24.3 Å². The molecule has 1 N–H and O–H groups in total. The summed E-state index contributed by atoms with van der Waals surface area (Å²) >= 11 is 5.31. The Hall–Kier alpha value is -1.70. The molecule has 1 heterocycles. The van der Waals surface area contributed by atoms with Gasteiger partial charge in [-0.3, -0.25) is 4.90 Å². The quantitative estimate of drug-likeness (QED) is 0.591. The van der Waals surface area contributed by atoms with Gasteiger partial charge in [0.25, 0.3) is 0 Å². The summed E-state index contributed by atoms with van der Waals surface area (Å²) in [5, 5.41) is 13.5. The van der Waals surface area contributed by atoms with E-state index in [1.807, 2.05) is 45.3 Å². The van der Waals surface area contributed by atoms with Crippen LogP contribution in [0.5, 0.6) is 5.75 Å². The van der Waals surface area contributed by atoms with Crippen LogP contribution in [0, 0.1) is 11.7 Å². The van der Waals surface area contributed by atoms with Crippen molar-refractivity contribution in [2.24, 2.45) is 7.05 Å². The number of rotatable bonds is 8. The topological polar surface area (TPSA) is 55.4 Å². The standard InChI is InChI=1S/C16H24N4O2S/c1-13-7-4-5-8-14(13)22-10-6-9-18(2)12-20-16(23)19(3)15(11-21)17-20/h4-5,7-8,21H,6,9-12H2,1-3H3. The van der Waals surface area contributed by atoms with Crippen LogP contribution in [0.25, 0.3) is 0 Å². The lowest BCUT2D eigenvalue weighted by Crippen LogP contribution is -2.25. The van der Waals surface area contributed by atoms with E-state index in [0.29, 0.717) is 23.9 Å². The Morgan fingerprint density at radius 3 is 2.74 bits per heavy atom. The van der Waals surface area contributed by atoms with E-state index in [1.165, 1.54) is 0 Å². The van der Waals surface area contributed by atoms with E-state index in [9.17, 15) is 5.11 Å². The molecule has 0 aliphatic carbocycles. The van der Waals surface area contributed by atoms with Crippen LogP contribution < -0.4 is 4.74 Å². The number of aliphatic hydroxyl groups is 1. The van der Waals surface area contributed by atoms with Crippen molar-refractivity contribution in [3.8, 4) is 5.75 Å². The van der Waals surface area contributed by atoms with Gasteiger partial charge in [0.15, 0.2) is 10.6 Å². The molecule has 126 valence electrons. The minimum Gasteiger partial charge on any atom is -0.493 e. The van der Waals surface area contributed by atoms with Crippen LogP contribution in [0.2, 0.25) is 0 Å². The fraction of sp³-hybridized carbons (Fsp3) is 0.500. The summed E-state index contributed by atoms with van der Waals surface area (Å²) in [5.74, 6) is 1.51. The fourth-order valence-corrected chi connectivity index (χ4v) is 2.50. The predicted octanol–water partition coefficient (Wildman–Crippen LogP) is 2.11. The first kappa shape index (κ1) is 17.7. The molecule has 2 rings (SSSR count). The second-order valence-corrected chi connectivity index (χ2v) is 5.97. The van der Waals surface area contributed by atoms with Crippen LogP contribution >= 0.6 is 12.2 Å². The molecule has 0 atom stereocenters. The molecule has 1 aromatic carbocycles. The SMILES string of the molecule is Cc1ccccc1OCCCN(C)Cn1nc(CO)n(C)c1=S. The summed E-state index contributed by atoms with van der Waals surface area (Å²) in [6.07, 6.45) is 0.915. The molecule has 0 saturated carbocycles. The third-order valence-electron chi connectivity index (χ3n) is 3.68. The van der Waals surface area contributed by atoms with Crippen LogP contribution in [-0.4, -0.2) is 44.6 Å². The molecule has 23 heavy (non-hydrogen) atoms. The Bertz CT molecular complexity index is 696. The Labute approximate surface area is 141 Å². The smallest absolute Gasteiger partial charge is 0.198 e. The summed E-state index contributed by atoms with van der Waals surface area (Å²) in [4.78, 5) is 2.13. The van der Waals surface area contributed by atoms with Crippen LogP contribution in [0.3, 0.4) is 0 Å². The third kappa shape index (κ3) is 4.63. The van der Waals surface area contributed by atoms with Gasteiger partial charge in [-0.15, -0.1) is 0 Å². The van der Waals surface area contributed by atoms with Crippen molar-refractivity contribution < 1.29 is 9.84 Å². The Kier molecular flexibility index (Phi) is 6.32. The summed E-state index contributed by atoms with van der Waals surface area (Å²) in [7, 11) is 3.83. The van der Waals surface area contributed by atoms with Crippen LogP contribution in [0.15, 0.2) is 24.3 Å². The highest BCUT2D eigenvalue weighted by Gasteiger charge is 2.08. The van der Waals surface area contributed by atoms with E-state index in [4.69, 9.17) is 17.0 Å². The lowest BCUT2D eigenvalue weighted by atomic mass is 10.2. The lowest BCUT2D eigenvalue weighted by molar-refractivity contribution is 0.218. The average molecular weight is 336 g/mol. The summed E-state index contributed by atoms with van der Waals surface area (Å²) < 4.78 is 9.86. The van der Waals surface area contributed by atoms with Gasteiger partial charge in [-0.2, -0.15) is 5.10 Å².